The summed E-state index contributed by atoms with van der Waals surface area (Å²) in [5.74, 6) is 1.47. The van der Waals surface area contributed by atoms with E-state index in [-0.39, 0.29) is 0 Å². The summed E-state index contributed by atoms with van der Waals surface area (Å²) in [7, 11) is -2.00. The quantitative estimate of drug-likeness (QED) is 0.505. The number of hydrogen-bond donors (Lipinski definition) is 1. The van der Waals surface area contributed by atoms with E-state index in [0.29, 0.717) is 18.7 Å². The molecule has 1 aliphatic heterocycles. The van der Waals surface area contributed by atoms with Crippen LogP contribution in [0.1, 0.15) is 5.56 Å². The monoisotopic (exact) mass is 489 g/mol. The lowest BCUT2D eigenvalue weighted by Gasteiger charge is -2.26. The van der Waals surface area contributed by atoms with Gasteiger partial charge in [0.15, 0.2) is 0 Å². The Morgan fingerprint density at radius 3 is 2.26 bits per heavy atom. The first kappa shape index (κ1) is 25.7. The van der Waals surface area contributed by atoms with Crippen molar-refractivity contribution in [1.82, 2.24) is 14.7 Å². The number of aromatic nitrogens is 2. The second-order valence-corrected chi connectivity index (χ2v) is 9.36. The van der Waals surface area contributed by atoms with Crippen molar-refractivity contribution in [2.24, 2.45) is 0 Å². The second-order valence-electron chi connectivity index (χ2n) is 7.89. The van der Waals surface area contributed by atoms with E-state index in [1.54, 1.807) is 7.11 Å². The first-order chi connectivity index (χ1) is 16.2. The zero-order chi connectivity index (χ0) is 24.6. The molecule has 1 saturated heterocycles. The van der Waals surface area contributed by atoms with Crippen LogP contribution in [-0.4, -0.2) is 80.5 Å². The molecule has 0 atom stereocenters. The molecule has 0 bridgehead atoms. The van der Waals surface area contributed by atoms with Crippen molar-refractivity contribution in [3.63, 3.8) is 0 Å². The van der Waals surface area contributed by atoms with Crippen molar-refractivity contribution in [2.75, 3.05) is 52.8 Å². The molecule has 0 saturated carbocycles. The number of methoxy groups -OCH3 is 1. The summed E-state index contributed by atoms with van der Waals surface area (Å²) in [5.41, 5.74) is 4.27. The maximum Gasteiger partial charge on any atom is 0.261 e. The molecule has 0 radical (unpaired) electrons. The van der Waals surface area contributed by atoms with Gasteiger partial charge in [0.2, 0.25) is 5.88 Å². The van der Waals surface area contributed by atoms with Gasteiger partial charge in [-0.15, -0.1) is 5.10 Å². The number of rotatable bonds is 7. The minimum atomic E-state index is -3.67. The minimum Gasteiger partial charge on any atom is -0.497 e. The van der Waals surface area contributed by atoms with E-state index in [4.69, 9.17) is 23.9 Å². The Labute approximate surface area is 200 Å². The Morgan fingerprint density at radius 2 is 1.68 bits per heavy atom. The lowest BCUT2D eigenvalue weighted by molar-refractivity contribution is 0.0320. The highest BCUT2D eigenvalue weighted by molar-refractivity contribution is 7.85. The molecule has 0 spiro atoms. The maximum absolute atomic E-state index is 9.19. The van der Waals surface area contributed by atoms with Gasteiger partial charge >= 0.3 is 0 Å². The van der Waals surface area contributed by atoms with Gasteiger partial charge in [0, 0.05) is 25.8 Å². The molecule has 2 aromatic carbocycles. The van der Waals surface area contributed by atoms with Crippen molar-refractivity contribution in [2.45, 2.75) is 6.92 Å². The highest BCUT2D eigenvalue weighted by Crippen LogP contribution is 2.30. The smallest absolute Gasteiger partial charge is 0.261 e. The molecule has 10 heteroatoms. The van der Waals surface area contributed by atoms with Gasteiger partial charge in [-0.25, -0.2) is 4.68 Å². The lowest BCUT2D eigenvalue weighted by atomic mass is 10.1. The van der Waals surface area contributed by atoms with Crippen LogP contribution in [0.4, 0.5) is 0 Å². The zero-order valence-corrected chi connectivity index (χ0v) is 20.5. The Morgan fingerprint density at radius 1 is 1.06 bits per heavy atom. The Hall–Kier alpha value is -2.92. The highest BCUT2D eigenvalue weighted by Gasteiger charge is 2.15. The summed E-state index contributed by atoms with van der Waals surface area (Å²) in [5, 5.41) is 4.73. The average molecular weight is 490 g/mol. The molecule has 2 heterocycles. The predicted molar refractivity (Wildman–Crippen MR) is 131 cm³/mol. The first-order valence-electron chi connectivity index (χ1n) is 10.9. The molecule has 0 aliphatic carbocycles. The normalized spacial score (nSPS) is 14.2. The molecule has 1 aromatic heterocycles. The third kappa shape index (κ3) is 8.14. The fraction of sp³-hybridized carbons (Fsp3) is 0.375. The average Bonchev–Trinajstić information content (AvgIpc) is 3.23. The van der Waals surface area contributed by atoms with Crippen LogP contribution in [0.25, 0.3) is 16.8 Å². The molecule has 0 unspecified atom stereocenters. The van der Waals surface area contributed by atoms with Crippen LogP contribution in [-0.2, 0) is 14.9 Å². The second kappa shape index (κ2) is 12.0. The molecule has 1 aliphatic rings. The van der Waals surface area contributed by atoms with Crippen LogP contribution in [0.2, 0.25) is 0 Å². The first-order valence-corrected chi connectivity index (χ1v) is 12.7. The van der Waals surface area contributed by atoms with Crippen LogP contribution in [0, 0.1) is 6.92 Å². The van der Waals surface area contributed by atoms with Crippen LogP contribution in [0.15, 0.2) is 54.7 Å². The molecule has 34 heavy (non-hydrogen) atoms. The van der Waals surface area contributed by atoms with Gasteiger partial charge in [0.1, 0.15) is 12.4 Å². The fourth-order valence-corrected chi connectivity index (χ4v) is 3.36. The number of morpholine rings is 1. The summed E-state index contributed by atoms with van der Waals surface area (Å²) in [4.78, 5) is 2.36. The molecule has 9 nitrogen and oxygen atoms in total. The standard InChI is InChI=1S/C23H27N3O3.CH4O3S/c1-18-3-5-19(6-4-18)22-17-26(20-7-9-21(27-2)10-8-20)24-23(22)29-16-13-25-11-14-28-15-12-25;1-5(2,3)4/h3-10,17H,11-16H2,1-2H3;1H3,(H,2,3,4). The van der Waals surface area contributed by atoms with Gasteiger partial charge in [0.05, 0.1) is 37.8 Å². The summed E-state index contributed by atoms with van der Waals surface area (Å²) < 4.78 is 44.5. The van der Waals surface area contributed by atoms with Crippen LogP contribution in [0.5, 0.6) is 11.6 Å². The molecule has 4 rings (SSSR count). The van der Waals surface area contributed by atoms with Crippen LogP contribution < -0.4 is 9.47 Å². The Kier molecular flexibility index (Phi) is 9.05. The molecule has 1 N–H and O–H groups in total. The molecule has 1 fully saturated rings. The molecule has 0 amide bonds. The van der Waals surface area contributed by atoms with Crippen molar-refractivity contribution < 1.29 is 27.2 Å². The number of aryl methyl sites for hydroxylation is 1. The van der Waals surface area contributed by atoms with Gasteiger partial charge in [-0.05, 0) is 36.8 Å². The van der Waals surface area contributed by atoms with E-state index in [9.17, 15) is 8.42 Å². The molecule has 3 aromatic rings. The number of hydrogen-bond acceptors (Lipinski definition) is 7. The predicted octanol–water partition coefficient (Wildman–Crippen LogP) is 3.07. The third-order valence-electron chi connectivity index (χ3n) is 5.13. The van der Waals surface area contributed by atoms with Crippen LogP contribution in [0.3, 0.4) is 0 Å². The van der Waals surface area contributed by atoms with Gasteiger partial charge in [-0.2, -0.15) is 8.42 Å². The van der Waals surface area contributed by atoms with E-state index in [1.807, 2.05) is 35.1 Å². The summed E-state index contributed by atoms with van der Waals surface area (Å²) in [6.07, 6.45) is 2.74. The lowest BCUT2D eigenvalue weighted by Crippen LogP contribution is -2.38. The van der Waals surface area contributed by atoms with E-state index < -0.39 is 10.1 Å². The van der Waals surface area contributed by atoms with Gasteiger partial charge in [-0.3, -0.25) is 9.45 Å². The zero-order valence-electron chi connectivity index (χ0n) is 19.7. The fourth-order valence-electron chi connectivity index (χ4n) is 3.36. The van der Waals surface area contributed by atoms with Crippen molar-refractivity contribution in [3.05, 3.63) is 60.3 Å². The van der Waals surface area contributed by atoms with Crippen molar-refractivity contribution >= 4 is 10.1 Å². The van der Waals surface area contributed by atoms with E-state index in [0.717, 1.165) is 55.4 Å². The Bertz CT molecular complexity index is 1130. The summed E-state index contributed by atoms with van der Waals surface area (Å²) in [6, 6.07) is 16.3. The Balaban J connectivity index is 0.000000588. The molecule has 184 valence electrons. The largest absolute Gasteiger partial charge is 0.497 e. The molecular formula is C24H31N3O6S. The minimum absolute atomic E-state index is 0.596. The summed E-state index contributed by atoms with van der Waals surface area (Å²) >= 11 is 0. The van der Waals surface area contributed by atoms with Gasteiger partial charge < -0.3 is 14.2 Å². The number of ether oxygens (including phenoxy) is 3. The number of nitrogens with zero attached hydrogens (tertiary/aromatic N) is 3. The topological polar surface area (TPSA) is 103 Å². The van der Waals surface area contributed by atoms with E-state index in [2.05, 4.69) is 36.1 Å². The SMILES string of the molecule is COc1ccc(-n2cc(-c3ccc(C)cc3)c(OCCN3CCOCC3)n2)cc1.CS(=O)(=O)O. The van der Waals surface area contributed by atoms with Crippen LogP contribution >= 0.6 is 0 Å². The molecular weight excluding hydrogens is 458 g/mol. The highest BCUT2D eigenvalue weighted by atomic mass is 32.2. The van der Waals surface area contributed by atoms with Crippen molar-refractivity contribution in [1.29, 1.82) is 0 Å². The number of benzene rings is 2. The maximum atomic E-state index is 9.19. The van der Waals surface area contributed by atoms with Gasteiger partial charge in [-0.1, -0.05) is 29.8 Å². The van der Waals surface area contributed by atoms with Gasteiger partial charge in [0.25, 0.3) is 10.1 Å². The third-order valence-corrected chi connectivity index (χ3v) is 5.13. The van der Waals surface area contributed by atoms with E-state index in [1.165, 1.54) is 5.56 Å². The van der Waals surface area contributed by atoms with E-state index >= 15 is 0 Å². The van der Waals surface area contributed by atoms with Crippen molar-refractivity contribution in [3.8, 4) is 28.4 Å². The summed E-state index contributed by atoms with van der Waals surface area (Å²) in [6.45, 7) is 7.04.